The van der Waals surface area contributed by atoms with Crippen molar-refractivity contribution in [2.45, 2.75) is 26.8 Å². The van der Waals surface area contributed by atoms with E-state index in [2.05, 4.69) is 46.2 Å². The fourth-order valence-corrected chi connectivity index (χ4v) is 4.93. The largest absolute Gasteiger partial charge is 0.357 e. The second-order valence-corrected chi connectivity index (χ2v) is 8.71. The van der Waals surface area contributed by atoms with Crippen LogP contribution in [0.4, 0.5) is 5.13 Å². The fraction of sp³-hybridized carbons (Fsp3) is 0.222. The molecule has 0 atom stereocenters. The standard InChI is InChI=1S/C18H17ClN4S2/c1-10-6-13(24-11(10)2)9-22-18-23-16(19)15(25-18)7-12-8-21-17-14(12)4-3-5-20-17/h3-6,8H,7,9H2,1-2H3,(H,20,21)(H,22,23). The van der Waals surface area contributed by atoms with Gasteiger partial charge in [-0.3, -0.25) is 0 Å². The third-order valence-electron chi connectivity index (χ3n) is 4.17. The van der Waals surface area contributed by atoms with Crippen molar-refractivity contribution in [1.82, 2.24) is 15.0 Å². The second kappa shape index (κ2) is 6.78. The van der Waals surface area contributed by atoms with Gasteiger partial charge in [0.15, 0.2) is 5.13 Å². The normalized spacial score (nSPS) is 11.3. The molecule has 0 spiro atoms. The van der Waals surface area contributed by atoms with Crippen molar-refractivity contribution in [2.75, 3.05) is 5.32 Å². The van der Waals surface area contributed by atoms with Crippen LogP contribution in [0.3, 0.4) is 0 Å². The summed E-state index contributed by atoms with van der Waals surface area (Å²) in [4.78, 5) is 15.7. The number of hydrogen-bond acceptors (Lipinski definition) is 5. The second-order valence-electron chi connectivity index (χ2n) is 5.93. The van der Waals surface area contributed by atoms with Gasteiger partial charge in [-0.05, 0) is 43.2 Å². The van der Waals surface area contributed by atoms with Crippen LogP contribution in [0.1, 0.15) is 25.8 Å². The van der Waals surface area contributed by atoms with Crippen LogP contribution >= 0.6 is 34.3 Å². The van der Waals surface area contributed by atoms with Crippen LogP contribution in [-0.2, 0) is 13.0 Å². The van der Waals surface area contributed by atoms with Gasteiger partial charge in [-0.1, -0.05) is 11.6 Å². The van der Waals surface area contributed by atoms with Crippen LogP contribution in [0.15, 0.2) is 30.6 Å². The van der Waals surface area contributed by atoms with E-state index in [1.807, 2.05) is 23.6 Å². The lowest BCUT2D eigenvalue weighted by atomic mass is 10.1. The molecule has 0 amide bonds. The summed E-state index contributed by atoms with van der Waals surface area (Å²) in [6.45, 7) is 5.07. The number of thiophene rings is 1. The summed E-state index contributed by atoms with van der Waals surface area (Å²) in [6, 6.07) is 6.25. The molecule has 0 aliphatic heterocycles. The molecule has 0 aliphatic carbocycles. The molecule has 4 rings (SSSR count). The number of nitrogens with zero attached hydrogens (tertiary/aromatic N) is 2. The van der Waals surface area contributed by atoms with Crippen LogP contribution in [0.2, 0.25) is 5.15 Å². The number of aryl methyl sites for hydroxylation is 2. The lowest BCUT2D eigenvalue weighted by Gasteiger charge is -1.99. The Labute approximate surface area is 158 Å². The van der Waals surface area contributed by atoms with Gasteiger partial charge in [-0.15, -0.1) is 22.7 Å². The number of aromatic amines is 1. The van der Waals surface area contributed by atoms with E-state index in [9.17, 15) is 0 Å². The van der Waals surface area contributed by atoms with Gasteiger partial charge in [-0.25, -0.2) is 9.97 Å². The third kappa shape index (κ3) is 3.42. The first-order valence-corrected chi connectivity index (χ1v) is 9.97. The molecule has 0 bridgehead atoms. The van der Waals surface area contributed by atoms with Crippen LogP contribution in [0.25, 0.3) is 11.0 Å². The molecule has 0 aliphatic rings. The first-order valence-electron chi connectivity index (χ1n) is 7.96. The molecule has 0 aromatic carbocycles. The van der Waals surface area contributed by atoms with Gasteiger partial charge in [0.05, 0.1) is 11.4 Å². The van der Waals surface area contributed by atoms with Crippen molar-refractivity contribution in [1.29, 1.82) is 0 Å². The zero-order valence-electron chi connectivity index (χ0n) is 13.9. The Hall–Kier alpha value is -1.89. The summed E-state index contributed by atoms with van der Waals surface area (Å²) >= 11 is 9.79. The van der Waals surface area contributed by atoms with Gasteiger partial charge in [-0.2, -0.15) is 0 Å². The number of pyridine rings is 1. The number of H-pyrrole nitrogens is 1. The number of hydrogen-bond donors (Lipinski definition) is 2. The number of halogens is 1. The Kier molecular flexibility index (Phi) is 4.50. The Bertz CT molecular complexity index is 1010. The number of aromatic nitrogens is 3. The third-order valence-corrected chi connectivity index (χ3v) is 6.76. The summed E-state index contributed by atoms with van der Waals surface area (Å²) in [7, 11) is 0. The van der Waals surface area contributed by atoms with Gasteiger partial charge in [0.1, 0.15) is 10.8 Å². The van der Waals surface area contributed by atoms with E-state index < -0.39 is 0 Å². The van der Waals surface area contributed by atoms with Gasteiger partial charge in [0.25, 0.3) is 0 Å². The van der Waals surface area contributed by atoms with Crippen LogP contribution in [0, 0.1) is 13.8 Å². The Morgan fingerprint density at radius 1 is 1.28 bits per heavy atom. The van der Waals surface area contributed by atoms with E-state index in [4.69, 9.17) is 11.6 Å². The van der Waals surface area contributed by atoms with Crippen LogP contribution in [-0.4, -0.2) is 15.0 Å². The average Bonchev–Trinajstić information content (AvgIpc) is 3.26. The van der Waals surface area contributed by atoms with Crippen LogP contribution in [0.5, 0.6) is 0 Å². The predicted molar refractivity (Wildman–Crippen MR) is 107 cm³/mol. The minimum atomic E-state index is 0.573. The van der Waals surface area contributed by atoms with E-state index in [0.717, 1.165) is 34.0 Å². The summed E-state index contributed by atoms with van der Waals surface area (Å²) < 4.78 is 0. The molecular formula is C18H17ClN4S2. The first-order chi connectivity index (χ1) is 12.1. The average molecular weight is 389 g/mol. The quantitative estimate of drug-likeness (QED) is 0.471. The summed E-state index contributed by atoms with van der Waals surface area (Å²) in [5.41, 5.74) is 3.43. The number of rotatable bonds is 5. The molecule has 0 saturated heterocycles. The number of thiazole rings is 1. The van der Waals surface area contributed by atoms with Crippen LogP contribution < -0.4 is 5.32 Å². The van der Waals surface area contributed by atoms with Crippen molar-refractivity contribution in [2.24, 2.45) is 0 Å². The summed E-state index contributed by atoms with van der Waals surface area (Å²) in [5, 5.41) is 5.96. The minimum Gasteiger partial charge on any atom is -0.357 e. The lowest BCUT2D eigenvalue weighted by molar-refractivity contribution is 1.16. The minimum absolute atomic E-state index is 0.573. The van der Waals surface area contributed by atoms with E-state index in [-0.39, 0.29) is 0 Å². The van der Waals surface area contributed by atoms with Crippen molar-refractivity contribution < 1.29 is 0 Å². The van der Waals surface area contributed by atoms with E-state index >= 15 is 0 Å². The molecule has 0 fully saturated rings. The molecular weight excluding hydrogens is 372 g/mol. The van der Waals surface area contributed by atoms with Gasteiger partial charge in [0, 0.05) is 34.0 Å². The number of fused-ring (bicyclic) bond motifs is 1. The highest BCUT2D eigenvalue weighted by atomic mass is 35.5. The Balaban J connectivity index is 1.50. The number of nitrogens with one attached hydrogen (secondary N) is 2. The SMILES string of the molecule is Cc1cc(CNc2nc(Cl)c(Cc3c[nH]c4ncccc34)s2)sc1C. The molecule has 4 heterocycles. The molecule has 4 aromatic rings. The zero-order chi connectivity index (χ0) is 17.4. The maximum absolute atomic E-state index is 6.36. The van der Waals surface area contributed by atoms with Crippen molar-refractivity contribution in [3.63, 3.8) is 0 Å². The Morgan fingerprint density at radius 3 is 2.96 bits per heavy atom. The lowest BCUT2D eigenvalue weighted by Crippen LogP contribution is -1.96. The monoisotopic (exact) mass is 388 g/mol. The molecule has 0 unspecified atom stereocenters. The summed E-state index contributed by atoms with van der Waals surface area (Å²) in [6.07, 6.45) is 4.54. The topological polar surface area (TPSA) is 53.6 Å². The molecule has 0 radical (unpaired) electrons. The van der Waals surface area contributed by atoms with E-state index in [0.29, 0.717) is 5.15 Å². The molecule has 0 saturated carbocycles. The number of anilines is 1. The van der Waals surface area contributed by atoms with Crippen molar-refractivity contribution in [3.8, 4) is 0 Å². The Morgan fingerprint density at radius 2 is 2.16 bits per heavy atom. The zero-order valence-corrected chi connectivity index (χ0v) is 16.3. The van der Waals surface area contributed by atoms with Gasteiger partial charge >= 0.3 is 0 Å². The first kappa shape index (κ1) is 16.6. The van der Waals surface area contributed by atoms with Crippen molar-refractivity contribution in [3.05, 3.63) is 61.5 Å². The maximum Gasteiger partial charge on any atom is 0.184 e. The van der Waals surface area contributed by atoms with Gasteiger partial charge in [0.2, 0.25) is 0 Å². The molecule has 4 nitrogen and oxygen atoms in total. The highest BCUT2D eigenvalue weighted by molar-refractivity contribution is 7.16. The molecule has 2 N–H and O–H groups in total. The molecule has 7 heteroatoms. The predicted octanol–water partition coefficient (Wildman–Crippen LogP) is 5.55. The fourth-order valence-electron chi connectivity index (χ4n) is 2.75. The highest BCUT2D eigenvalue weighted by Gasteiger charge is 2.13. The maximum atomic E-state index is 6.36. The van der Waals surface area contributed by atoms with Crippen molar-refractivity contribution >= 4 is 50.4 Å². The van der Waals surface area contributed by atoms with Gasteiger partial charge < -0.3 is 10.3 Å². The molecule has 25 heavy (non-hydrogen) atoms. The smallest absolute Gasteiger partial charge is 0.184 e. The summed E-state index contributed by atoms with van der Waals surface area (Å²) in [5.74, 6) is 0. The highest BCUT2D eigenvalue weighted by Crippen LogP contribution is 2.31. The van der Waals surface area contributed by atoms with E-state index in [1.54, 1.807) is 17.5 Å². The molecule has 128 valence electrons. The van der Waals surface area contributed by atoms with E-state index in [1.165, 1.54) is 20.9 Å². The molecule has 4 aromatic heterocycles.